The predicted molar refractivity (Wildman–Crippen MR) is 150 cm³/mol. The molecule has 0 unspecified atom stereocenters. The molecular weight excluding hydrogens is 604 g/mol. The first-order valence-corrected chi connectivity index (χ1v) is 13.8. The van der Waals surface area contributed by atoms with Crippen LogP contribution in [0, 0.1) is 0 Å². The van der Waals surface area contributed by atoms with Crippen molar-refractivity contribution in [2.24, 2.45) is 0 Å². The Kier molecular flexibility index (Phi) is 9.41. The summed E-state index contributed by atoms with van der Waals surface area (Å²) in [6, 6.07) is 6.67. The van der Waals surface area contributed by atoms with Crippen molar-refractivity contribution in [1.29, 1.82) is 0 Å². The number of phenols is 1. The third kappa shape index (κ3) is 5.99. The van der Waals surface area contributed by atoms with E-state index in [9.17, 15) is 45.6 Å². The zero-order chi connectivity index (χ0) is 32.7. The van der Waals surface area contributed by atoms with Gasteiger partial charge in [-0.15, -0.1) is 0 Å². The Labute approximate surface area is 254 Å². The van der Waals surface area contributed by atoms with Gasteiger partial charge in [-0.05, 0) is 25.1 Å². The van der Waals surface area contributed by atoms with Crippen LogP contribution in [-0.2, 0) is 9.47 Å². The average Bonchev–Trinajstić information content (AvgIpc) is 3.03. The fourth-order valence-corrected chi connectivity index (χ4v) is 5.13. The monoisotopic (exact) mass is 638 g/mol. The number of fused-ring (bicyclic) bond motifs is 1. The maximum atomic E-state index is 13.9. The van der Waals surface area contributed by atoms with Crippen LogP contribution in [0.4, 0.5) is 0 Å². The number of phenolic OH excluding ortho intramolecular Hbond substituents is 1. The van der Waals surface area contributed by atoms with E-state index in [-0.39, 0.29) is 28.4 Å². The van der Waals surface area contributed by atoms with Crippen molar-refractivity contribution < 1.29 is 73.7 Å². The summed E-state index contributed by atoms with van der Waals surface area (Å²) < 4.78 is 39.0. The van der Waals surface area contributed by atoms with Crippen LogP contribution in [-0.4, -0.2) is 123 Å². The lowest BCUT2D eigenvalue weighted by molar-refractivity contribution is -0.277. The van der Waals surface area contributed by atoms with Crippen LogP contribution in [0.1, 0.15) is 6.92 Å². The largest absolute Gasteiger partial charge is 0.507 e. The molecule has 246 valence electrons. The minimum absolute atomic E-state index is 0.149. The molecule has 2 saturated heterocycles. The number of ether oxygens (including phenoxy) is 6. The van der Waals surface area contributed by atoms with E-state index in [2.05, 4.69) is 0 Å². The highest BCUT2D eigenvalue weighted by Crippen LogP contribution is 2.40. The molecule has 3 aromatic rings. The topological polar surface area (TPSA) is 247 Å². The van der Waals surface area contributed by atoms with Crippen molar-refractivity contribution in [2.75, 3.05) is 20.8 Å². The minimum Gasteiger partial charge on any atom is -0.507 e. The quantitative estimate of drug-likeness (QED) is 0.141. The van der Waals surface area contributed by atoms with Crippen molar-refractivity contribution >= 4 is 11.0 Å². The second kappa shape index (κ2) is 13.0. The molecule has 0 spiro atoms. The summed E-state index contributed by atoms with van der Waals surface area (Å²) in [7, 11) is 2.79. The van der Waals surface area contributed by atoms with E-state index in [1.165, 1.54) is 45.4 Å². The molecule has 5 rings (SSSR count). The van der Waals surface area contributed by atoms with E-state index >= 15 is 0 Å². The standard InChI is InChI=1S/C29H34O16/c1-10-19(32)22(35)24(37)28(41-10)42-12-7-13(31)18-16(8-12)43-26(11-4-5-14(39-2)15(6-11)40-3)27(21(18)34)45-29-25(38)23(36)20(33)17(9-30)44-29/h4-8,10,17,19-20,22-25,28-33,35-38H,9H2,1-3H3/t10-,17+,19-,20+,22+,23-,24+,25+,28-,29-/m0/s1. The Bertz CT molecular complexity index is 1570. The number of hydrogen-bond acceptors (Lipinski definition) is 16. The van der Waals surface area contributed by atoms with Crippen LogP contribution in [0.2, 0.25) is 0 Å². The number of benzene rings is 2. The molecule has 3 heterocycles. The van der Waals surface area contributed by atoms with Crippen LogP contribution in [0.3, 0.4) is 0 Å². The molecule has 16 nitrogen and oxygen atoms in total. The first kappa shape index (κ1) is 32.7. The van der Waals surface area contributed by atoms with Crippen molar-refractivity contribution in [3.05, 3.63) is 40.6 Å². The number of aliphatic hydroxyl groups excluding tert-OH is 7. The summed E-state index contributed by atoms with van der Waals surface area (Å²) >= 11 is 0. The second-order valence-corrected chi connectivity index (χ2v) is 10.6. The predicted octanol–water partition coefficient (Wildman–Crippen LogP) is -1.43. The van der Waals surface area contributed by atoms with E-state index in [0.29, 0.717) is 5.75 Å². The van der Waals surface area contributed by atoms with Crippen LogP contribution in [0.5, 0.6) is 28.7 Å². The Balaban J connectivity index is 1.63. The maximum absolute atomic E-state index is 13.9. The number of aliphatic hydroxyl groups is 7. The minimum atomic E-state index is -1.88. The highest BCUT2D eigenvalue weighted by Gasteiger charge is 2.46. The fourth-order valence-electron chi connectivity index (χ4n) is 5.13. The zero-order valence-electron chi connectivity index (χ0n) is 24.2. The number of hydrogen-bond donors (Lipinski definition) is 8. The molecule has 10 atom stereocenters. The molecule has 0 saturated carbocycles. The average molecular weight is 639 g/mol. The lowest BCUT2D eigenvalue weighted by Gasteiger charge is -2.39. The zero-order valence-corrected chi connectivity index (χ0v) is 24.2. The molecule has 2 fully saturated rings. The SMILES string of the molecule is COc1ccc(-c2oc3cc(O[C@@H]4O[C@@H](C)[C@H](O)[C@@H](O)[C@H]4O)cc(O)c3c(=O)c2O[C@@H]2O[C@H](CO)[C@@H](O)[C@H](O)[C@H]2O)cc1OC. The van der Waals surface area contributed by atoms with Gasteiger partial charge in [0, 0.05) is 17.7 Å². The van der Waals surface area contributed by atoms with Gasteiger partial charge in [-0.25, -0.2) is 0 Å². The molecule has 45 heavy (non-hydrogen) atoms. The van der Waals surface area contributed by atoms with Gasteiger partial charge < -0.3 is 73.7 Å². The first-order valence-electron chi connectivity index (χ1n) is 13.8. The van der Waals surface area contributed by atoms with Crippen LogP contribution in [0.25, 0.3) is 22.3 Å². The summed E-state index contributed by atoms with van der Waals surface area (Å²) in [5.74, 6) is -1.09. The van der Waals surface area contributed by atoms with Gasteiger partial charge in [0.2, 0.25) is 23.8 Å². The lowest BCUT2D eigenvalue weighted by Crippen LogP contribution is -2.60. The van der Waals surface area contributed by atoms with Gasteiger partial charge in [0.05, 0.1) is 26.9 Å². The molecule has 2 aliphatic heterocycles. The molecular formula is C29H34O16. The normalized spacial score (nSPS) is 31.9. The molecule has 2 aliphatic rings. The first-order chi connectivity index (χ1) is 21.4. The molecule has 16 heteroatoms. The van der Waals surface area contributed by atoms with Crippen molar-refractivity contribution in [3.63, 3.8) is 0 Å². The lowest BCUT2D eigenvalue weighted by atomic mass is 9.99. The third-order valence-corrected chi connectivity index (χ3v) is 7.70. The Morgan fingerprint density at radius 3 is 2.07 bits per heavy atom. The van der Waals surface area contributed by atoms with E-state index in [1.807, 2.05) is 0 Å². The summed E-state index contributed by atoms with van der Waals surface area (Å²) in [4.78, 5) is 13.9. The Morgan fingerprint density at radius 2 is 1.42 bits per heavy atom. The van der Waals surface area contributed by atoms with Crippen molar-refractivity contribution in [3.8, 4) is 40.1 Å². The molecule has 0 radical (unpaired) electrons. The fraction of sp³-hybridized carbons (Fsp3) is 0.483. The van der Waals surface area contributed by atoms with E-state index in [0.717, 1.165) is 6.07 Å². The molecule has 0 bridgehead atoms. The molecule has 2 aromatic carbocycles. The van der Waals surface area contributed by atoms with Crippen molar-refractivity contribution in [2.45, 2.75) is 68.3 Å². The highest BCUT2D eigenvalue weighted by atomic mass is 16.7. The highest BCUT2D eigenvalue weighted by molar-refractivity contribution is 5.88. The van der Waals surface area contributed by atoms with Crippen molar-refractivity contribution in [1.82, 2.24) is 0 Å². The maximum Gasteiger partial charge on any atom is 0.239 e. The summed E-state index contributed by atoms with van der Waals surface area (Å²) in [5, 5.41) is 81.6. The van der Waals surface area contributed by atoms with Gasteiger partial charge >= 0.3 is 0 Å². The number of aromatic hydroxyl groups is 1. The number of rotatable bonds is 8. The Hall–Kier alpha value is -3.71. The number of methoxy groups -OCH3 is 2. The second-order valence-electron chi connectivity index (χ2n) is 10.6. The Morgan fingerprint density at radius 1 is 0.778 bits per heavy atom. The van der Waals surface area contributed by atoms with E-state index in [4.69, 9.17) is 32.8 Å². The summed E-state index contributed by atoms with van der Waals surface area (Å²) in [6.07, 6.45) is -15.5. The smallest absolute Gasteiger partial charge is 0.239 e. The van der Waals surface area contributed by atoms with Gasteiger partial charge in [-0.1, -0.05) is 0 Å². The van der Waals surface area contributed by atoms with Crippen LogP contribution < -0.4 is 24.4 Å². The van der Waals surface area contributed by atoms with Gasteiger partial charge in [0.15, 0.2) is 17.3 Å². The van der Waals surface area contributed by atoms with Gasteiger partial charge in [0.25, 0.3) is 0 Å². The molecule has 0 amide bonds. The molecule has 8 N–H and O–H groups in total. The molecule has 0 aliphatic carbocycles. The van der Waals surface area contributed by atoms with Gasteiger partial charge in [-0.2, -0.15) is 0 Å². The van der Waals surface area contributed by atoms with E-state index < -0.39 is 90.3 Å². The summed E-state index contributed by atoms with van der Waals surface area (Å²) in [5.41, 5.74) is -1.00. The molecule has 1 aromatic heterocycles. The third-order valence-electron chi connectivity index (χ3n) is 7.70. The summed E-state index contributed by atoms with van der Waals surface area (Å²) in [6.45, 7) is 0.705. The van der Waals surface area contributed by atoms with E-state index in [1.54, 1.807) is 0 Å². The van der Waals surface area contributed by atoms with Gasteiger partial charge in [-0.3, -0.25) is 4.79 Å². The van der Waals surface area contributed by atoms with Crippen LogP contribution in [0.15, 0.2) is 39.5 Å². The van der Waals surface area contributed by atoms with Crippen LogP contribution >= 0.6 is 0 Å². The van der Waals surface area contributed by atoms with Gasteiger partial charge in [0.1, 0.15) is 65.2 Å².